The fourth-order valence-electron chi connectivity index (χ4n) is 4.67. The maximum Gasteiger partial charge on any atom is 0.360 e. The van der Waals surface area contributed by atoms with E-state index in [0.29, 0.717) is 39.4 Å². The predicted molar refractivity (Wildman–Crippen MR) is 157 cm³/mol. The highest BCUT2D eigenvalue weighted by Gasteiger charge is 2.45. The Bertz CT molecular complexity index is 1250. The molecule has 1 unspecified atom stereocenters. The second-order valence-corrected chi connectivity index (χ2v) is 12.7. The van der Waals surface area contributed by atoms with Crippen LogP contribution in [0.3, 0.4) is 0 Å². The Morgan fingerprint density at radius 2 is 1.64 bits per heavy atom. The van der Waals surface area contributed by atoms with Crippen LogP contribution in [0.25, 0.3) is 0 Å². The third-order valence-corrected chi connectivity index (χ3v) is 8.94. The molecule has 0 aromatic heterocycles. The molecular formula is C30H40ClN2O5P. The number of likely N-dealkylation sites (N-methyl/N-ethyl adjacent to an activating group) is 1. The number of hydrogen-bond donors (Lipinski definition) is 1. The van der Waals surface area contributed by atoms with Gasteiger partial charge in [0.05, 0.1) is 29.0 Å². The third kappa shape index (κ3) is 8.29. The Balaban J connectivity index is 1.94. The van der Waals surface area contributed by atoms with Gasteiger partial charge in [-0.2, -0.15) is 0 Å². The van der Waals surface area contributed by atoms with Crippen molar-refractivity contribution in [2.24, 2.45) is 0 Å². The summed E-state index contributed by atoms with van der Waals surface area (Å²) in [5.74, 6) is -1.23. The van der Waals surface area contributed by atoms with E-state index < -0.39 is 19.5 Å². The van der Waals surface area contributed by atoms with Crippen LogP contribution < -0.4 is 5.32 Å². The Kier molecular flexibility index (Phi) is 11.0. The molecule has 0 radical (unpaired) electrons. The van der Waals surface area contributed by atoms with E-state index in [-0.39, 0.29) is 18.8 Å². The lowest BCUT2D eigenvalue weighted by atomic mass is 9.86. The number of nitrogens with one attached hydrogen (secondary N) is 1. The van der Waals surface area contributed by atoms with Crippen molar-refractivity contribution in [1.82, 2.24) is 10.2 Å². The highest BCUT2D eigenvalue weighted by molar-refractivity contribution is 7.58. The van der Waals surface area contributed by atoms with Gasteiger partial charge in [-0.25, -0.2) is 4.79 Å². The zero-order valence-electron chi connectivity index (χ0n) is 23.9. The molecule has 39 heavy (non-hydrogen) atoms. The molecule has 0 saturated heterocycles. The first-order valence-corrected chi connectivity index (χ1v) is 15.1. The lowest BCUT2D eigenvalue weighted by molar-refractivity contribution is -0.139. The molecule has 9 heteroatoms. The van der Waals surface area contributed by atoms with Crippen LogP contribution >= 0.6 is 19.2 Å². The molecule has 1 heterocycles. The average molecular weight is 575 g/mol. The van der Waals surface area contributed by atoms with E-state index in [1.54, 1.807) is 45.9 Å². The Labute approximate surface area is 237 Å². The van der Waals surface area contributed by atoms with Crippen LogP contribution in [-0.2, 0) is 29.7 Å². The number of carbonyl (C=O) groups excluding carboxylic acids is 1. The number of allylic oxidation sites excluding steroid dienone is 3. The molecule has 1 N–H and O–H groups in total. The van der Waals surface area contributed by atoms with Crippen LogP contribution in [0.1, 0.15) is 58.6 Å². The van der Waals surface area contributed by atoms with Gasteiger partial charge in [-0.05, 0) is 71.8 Å². The molecule has 0 spiro atoms. The van der Waals surface area contributed by atoms with E-state index in [9.17, 15) is 9.36 Å². The van der Waals surface area contributed by atoms with Crippen LogP contribution in [0.15, 0.2) is 76.9 Å². The van der Waals surface area contributed by atoms with Crippen LogP contribution in [0.4, 0.5) is 0 Å². The van der Waals surface area contributed by atoms with Gasteiger partial charge in [0.15, 0.2) is 0 Å². The Hall–Kier alpha value is -2.41. The summed E-state index contributed by atoms with van der Waals surface area (Å²) in [5.41, 5.74) is 3.46. The van der Waals surface area contributed by atoms with Crippen LogP contribution in [0.5, 0.6) is 0 Å². The summed E-state index contributed by atoms with van der Waals surface area (Å²) in [5, 5.41) is 4.12. The summed E-state index contributed by atoms with van der Waals surface area (Å²) in [6, 6.07) is 17.3. The second kappa shape index (κ2) is 13.8. The molecule has 0 fully saturated rings. The summed E-state index contributed by atoms with van der Waals surface area (Å²) in [4.78, 5) is 15.8. The van der Waals surface area contributed by atoms with E-state index in [0.717, 1.165) is 6.54 Å². The van der Waals surface area contributed by atoms with Crippen molar-refractivity contribution in [1.29, 1.82) is 0 Å². The number of esters is 1. The van der Waals surface area contributed by atoms with E-state index in [1.165, 1.54) is 5.56 Å². The van der Waals surface area contributed by atoms with Crippen molar-refractivity contribution in [3.05, 3.63) is 93.0 Å². The van der Waals surface area contributed by atoms with E-state index in [4.69, 9.17) is 25.4 Å². The number of rotatable bonds is 12. The maximum atomic E-state index is 14.5. The fourth-order valence-corrected chi connectivity index (χ4v) is 7.31. The number of dihydropyridines is 1. The van der Waals surface area contributed by atoms with Gasteiger partial charge in [-0.1, -0.05) is 54.1 Å². The zero-order chi connectivity index (χ0) is 28.7. The lowest BCUT2D eigenvalue weighted by Gasteiger charge is -2.36. The number of nitrogens with zero attached hydrogens (tertiary/aromatic N) is 1. The highest BCUT2D eigenvalue weighted by atomic mass is 35.5. The molecule has 2 aromatic rings. The molecule has 3 rings (SSSR count). The zero-order valence-corrected chi connectivity index (χ0v) is 25.5. The Morgan fingerprint density at radius 3 is 2.23 bits per heavy atom. The predicted octanol–water partition coefficient (Wildman–Crippen LogP) is 7.25. The van der Waals surface area contributed by atoms with Crippen LogP contribution in [0, 0.1) is 0 Å². The summed E-state index contributed by atoms with van der Waals surface area (Å²) in [7, 11) is -1.88. The minimum atomic E-state index is -3.86. The summed E-state index contributed by atoms with van der Waals surface area (Å²) < 4.78 is 32.2. The third-order valence-electron chi connectivity index (χ3n) is 6.12. The van der Waals surface area contributed by atoms with Crippen molar-refractivity contribution in [3.8, 4) is 0 Å². The fraction of sp³-hybridized carbons (Fsp3) is 0.433. The molecule has 0 saturated carbocycles. The van der Waals surface area contributed by atoms with Gasteiger partial charge in [0.1, 0.15) is 6.61 Å². The molecule has 1 atom stereocenters. The standard InChI is InChI=1S/C30H40ClN2O5P/c1-20(2)37-39(35,38-21(3)4)29-23(6)32-22(5)27(28(29)25-14-11-15-26(31)18-25)30(34)36-17-16-33(7)19-24-12-9-8-10-13-24/h8-15,18,20-21,28,32H,16-17,19H2,1-7H3. The van der Waals surface area contributed by atoms with Gasteiger partial charge in [0.2, 0.25) is 0 Å². The van der Waals surface area contributed by atoms with Crippen molar-refractivity contribution < 1.29 is 23.1 Å². The molecular weight excluding hydrogens is 535 g/mol. The van der Waals surface area contributed by atoms with Crippen LogP contribution in [-0.4, -0.2) is 43.3 Å². The number of ether oxygens (including phenoxy) is 1. The summed E-state index contributed by atoms with van der Waals surface area (Å²) in [6.45, 7) is 12.3. The summed E-state index contributed by atoms with van der Waals surface area (Å²) >= 11 is 6.38. The van der Waals surface area contributed by atoms with Gasteiger partial charge >= 0.3 is 13.6 Å². The molecule has 1 aliphatic heterocycles. The monoisotopic (exact) mass is 574 g/mol. The molecule has 1 aliphatic rings. The number of halogens is 1. The number of carbonyl (C=O) groups is 1. The van der Waals surface area contributed by atoms with Gasteiger partial charge in [0.25, 0.3) is 0 Å². The van der Waals surface area contributed by atoms with Crippen molar-refractivity contribution in [3.63, 3.8) is 0 Å². The largest absolute Gasteiger partial charge is 0.461 e. The number of benzene rings is 2. The van der Waals surface area contributed by atoms with Gasteiger partial charge < -0.3 is 19.1 Å². The first kappa shape index (κ1) is 31.1. The highest BCUT2D eigenvalue weighted by Crippen LogP contribution is 2.65. The average Bonchev–Trinajstić information content (AvgIpc) is 2.82. The normalized spacial score (nSPS) is 16.3. The number of hydrogen-bond acceptors (Lipinski definition) is 7. The van der Waals surface area contributed by atoms with Gasteiger partial charge in [-0.15, -0.1) is 0 Å². The maximum absolute atomic E-state index is 14.5. The molecule has 0 amide bonds. The first-order valence-electron chi connectivity index (χ1n) is 13.2. The molecule has 0 aliphatic carbocycles. The first-order chi connectivity index (χ1) is 18.4. The molecule has 2 aromatic carbocycles. The van der Waals surface area contributed by atoms with Gasteiger partial charge in [0, 0.05) is 29.5 Å². The Morgan fingerprint density at radius 1 is 1.00 bits per heavy atom. The lowest BCUT2D eigenvalue weighted by Crippen LogP contribution is -2.31. The van der Waals surface area contributed by atoms with Crippen LogP contribution in [0.2, 0.25) is 5.02 Å². The van der Waals surface area contributed by atoms with E-state index in [1.807, 2.05) is 45.2 Å². The van der Waals surface area contributed by atoms with E-state index in [2.05, 4.69) is 22.3 Å². The minimum Gasteiger partial charge on any atom is -0.461 e. The quantitative estimate of drug-likeness (QED) is 0.211. The summed E-state index contributed by atoms with van der Waals surface area (Å²) in [6.07, 6.45) is -0.755. The molecule has 7 nitrogen and oxygen atoms in total. The molecule has 0 bridgehead atoms. The topological polar surface area (TPSA) is 77.1 Å². The van der Waals surface area contributed by atoms with Crippen molar-refractivity contribution in [2.75, 3.05) is 20.2 Å². The van der Waals surface area contributed by atoms with Crippen molar-refractivity contribution >= 4 is 25.2 Å². The SMILES string of the molecule is CC1=C(C(=O)OCCN(C)Cc2ccccc2)C(c2cccc(Cl)c2)C(P(=O)(OC(C)C)OC(C)C)=C(C)N1. The molecule has 212 valence electrons. The van der Waals surface area contributed by atoms with Gasteiger partial charge in [-0.3, -0.25) is 9.46 Å². The second-order valence-electron chi connectivity index (χ2n) is 10.3. The van der Waals surface area contributed by atoms with E-state index >= 15 is 0 Å². The van der Waals surface area contributed by atoms with Crippen molar-refractivity contribution in [2.45, 2.75) is 66.2 Å². The minimum absolute atomic E-state index is 0.196. The smallest absolute Gasteiger partial charge is 0.360 e.